The summed E-state index contributed by atoms with van der Waals surface area (Å²) in [6.45, 7) is 4.18. The summed E-state index contributed by atoms with van der Waals surface area (Å²) in [6, 6.07) is -1.68. The summed E-state index contributed by atoms with van der Waals surface area (Å²) in [5.74, 6) is -1.10. The lowest BCUT2D eigenvalue weighted by atomic mass is 9.94. The molecular formula is C15H25N5O4. The van der Waals surface area contributed by atoms with Gasteiger partial charge in [-0.05, 0) is 25.2 Å². The molecule has 1 unspecified atom stereocenters. The predicted octanol–water partition coefficient (Wildman–Crippen LogP) is -1.51. The molecule has 134 valence electrons. The van der Waals surface area contributed by atoms with Crippen LogP contribution >= 0.6 is 0 Å². The summed E-state index contributed by atoms with van der Waals surface area (Å²) in [7, 11) is 0. The van der Waals surface area contributed by atoms with E-state index in [-0.39, 0.29) is 24.1 Å². The molecule has 2 fully saturated rings. The van der Waals surface area contributed by atoms with Crippen LogP contribution in [0.3, 0.4) is 0 Å². The third kappa shape index (κ3) is 3.90. The number of guanidine groups is 1. The smallest absolute Gasteiger partial charge is 0.262 e. The van der Waals surface area contributed by atoms with Gasteiger partial charge in [-0.15, -0.1) is 0 Å². The zero-order valence-electron chi connectivity index (χ0n) is 14.0. The van der Waals surface area contributed by atoms with Crippen molar-refractivity contribution in [3.05, 3.63) is 0 Å². The first-order chi connectivity index (χ1) is 11.2. The second-order valence-electron chi connectivity index (χ2n) is 6.63. The van der Waals surface area contributed by atoms with Gasteiger partial charge in [0.1, 0.15) is 6.04 Å². The summed E-state index contributed by atoms with van der Waals surface area (Å²) in [5.41, 5.74) is 16.4. The Labute approximate surface area is 140 Å². The molecule has 6 N–H and O–H groups in total. The van der Waals surface area contributed by atoms with Gasteiger partial charge >= 0.3 is 0 Å². The zero-order valence-corrected chi connectivity index (χ0v) is 14.0. The molecule has 4 atom stereocenters. The molecule has 2 amide bonds. The number of likely N-dealkylation sites (tertiary alicyclic amines) is 1. The van der Waals surface area contributed by atoms with E-state index in [1.165, 1.54) is 0 Å². The van der Waals surface area contributed by atoms with E-state index in [2.05, 4.69) is 4.99 Å². The van der Waals surface area contributed by atoms with E-state index in [1.54, 1.807) is 0 Å². The summed E-state index contributed by atoms with van der Waals surface area (Å²) in [5, 5.41) is 0. The van der Waals surface area contributed by atoms with Crippen LogP contribution in [0.15, 0.2) is 4.99 Å². The summed E-state index contributed by atoms with van der Waals surface area (Å²) in [6.07, 6.45) is -0.375. The number of carbonyl (C=O) groups is 3. The molecule has 0 aromatic heterocycles. The number of carbonyl (C=O) groups excluding carboxylic acids is 3. The molecule has 24 heavy (non-hydrogen) atoms. The van der Waals surface area contributed by atoms with Gasteiger partial charge < -0.3 is 21.9 Å². The number of ether oxygens (including phenoxy) is 1. The molecule has 0 bridgehead atoms. The molecule has 9 heteroatoms. The topological polar surface area (TPSA) is 157 Å². The predicted molar refractivity (Wildman–Crippen MR) is 86.7 cm³/mol. The molecule has 0 saturated carbocycles. The lowest BCUT2D eigenvalue weighted by molar-refractivity contribution is -0.154. The van der Waals surface area contributed by atoms with Crippen molar-refractivity contribution in [2.75, 3.05) is 6.54 Å². The maximum absolute atomic E-state index is 12.6. The second kappa shape index (κ2) is 7.27. The highest BCUT2D eigenvalue weighted by Crippen LogP contribution is 2.34. The van der Waals surface area contributed by atoms with Crippen LogP contribution in [-0.4, -0.2) is 59.3 Å². The molecule has 2 heterocycles. The molecule has 0 radical (unpaired) electrons. The Morgan fingerprint density at radius 3 is 2.54 bits per heavy atom. The number of epoxide rings is 1. The SMILES string of the molecule is CC(C)C[C@H](N)C(=O)N1C(=O)[C@H]2O[C@@H]2C(=O)C1CCCN=C(N)N. The second-order valence-corrected chi connectivity index (χ2v) is 6.63. The van der Waals surface area contributed by atoms with E-state index in [0.717, 1.165) is 4.90 Å². The minimum absolute atomic E-state index is 0.0430. The number of nitrogens with zero attached hydrogens (tertiary/aromatic N) is 2. The normalized spacial score (nSPS) is 27.0. The molecule has 2 aliphatic heterocycles. The molecule has 2 saturated heterocycles. The fraction of sp³-hybridized carbons (Fsp3) is 0.733. The van der Waals surface area contributed by atoms with Crippen LogP contribution in [0.25, 0.3) is 0 Å². The third-order valence-corrected chi connectivity index (χ3v) is 4.10. The van der Waals surface area contributed by atoms with E-state index in [1.807, 2.05) is 13.8 Å². The Bertz CT molecular complexity index is 558. The monoisotopic (exact) mass is 339 g/mol. The zero-order chi connectivity index (χ0) is 18.0. The molecule has 2 aliphatic rings. The minimum atomic E-state index is -0.860. The van der Waals surface area contributed by atoms with Crippen molar-refractivity contribution in [3.8, 4) is 0 Å². The number of rotatable bonds is 7. The number of Topliss-reactive ketones (excluding diaryl/α,β-unsaturated/α-hetero) is 1. The van der Waals surface area contributed by atoms with Gasteiger partial charge in [-0.25, -0.2) is 0 Å². The number of aliphatic imine (C=N–C) groups is 1. The van der Waals surface area contributed by atoms with Crippen LogP contribution in [0.2, 0.25) is 0 Å². The first-order valence-corrected chi connectivity index (χ1v) is 8.11. The van der Waals surface area contributed by atoms with Crippen molar-refractivity contribution >= 4 is 23.6 Å². The largest absolute Gasteiger partial charge is 0.370 e. The Morgan fingerprint density at radius 2 is 1.96 bits per heavy atom. The van der Waals surface area contributed by atoms with Crippen LogP contribution in [0.1, 0.15) is 33.1 Å². The fourth-order valence-electron chi connectivity index (χ4n) is 2.94. The van der Waals surface area contributed by atoms with Crippen LogP contribution in [-0.2, 0) is 19.1 Å². The summed E-state index contributed by atoms with van der Waals surface area (Å²) < 4.78 is 5.12. The number of imide groups is 1. The number of piperidine rings is 1. The highest BCUT2D eigenvalue weighted by atomic mass is 16.6. The Morgan fingerprint density at radius 1 is 1.29 bits per heavy atom. The molecule has 0 aromatic rings. The number of nitrogens with two attached hydrogens (primary N) is 3. The van der Waals surface area contributed by atoms with Gasteiger partial charge in [-0.1, -0.05) is 13.8 Å². The van der Waals surface area contributed by atoms with Gasteiger partial charge in [0.05, 0.1) is 6.04 Å². The number of amides is 2. The lowest BCUT2D eigenvalue weighted by Gasteiger charge is -2.33. The molecule has 0 aromatic carbocycles. The quantitative estimate of drug-likeness (QED) is 0.220. The maximum atomic E-state index is 12.6. The lowest BCUT2D eigenvalue weighted by Crippen LogP contribution is -2.59. The van der Waals surface area contributed by atoms with E-state index < -0.39 is 36.1 Å². The summed E-state index contributed by atoms with van der Waals surface area (Å²) >= 11 is 0. The van der Waals surface area contributed by atoms with Crippen LogP contribution in [0.4, 0.5) is 0 Å². The van der Waals surface area contributed by atoms with Gasteiger partial charge in [-0.3, -0.25) is 24.3 Å². The maximum Gasteiger partial charge on any atom is 0.262 e. The van der Waals surface area contributed by atoms with Crippen LogP contribution < -0.4 is 17.2 Å². The molecule has 2 rings (SSSR count). The van der Waals surface area contributed by atoms with Crippen molar-refractivity contribution in [2.24, 2.45) is 28.1 Å². The van der Waals surface area contributed by atoms with Gasteiger partial charge in [0.2, 0.25) is 5.91 Å². The average Bonchev–Trinajstić information content (AvgIpc) is 3.27. The molecule has 9 nitrogen and oxygen atoms in total. The number of hydrogen-bond acceptors (Lipinski definition) is 6. The van der Waals surface area contributed by atoms with Crippen LogP contribution in [0.5, 0.6) is 0 Å². The Hall–Kier alpha value is -2.00. The van der Waals surface area contributed by atoms with E-state index >= 15 is 0 Å². The van der Waals surface area contributed by atoms with E-state index in [9.17, 15) is 14.4 Å². The van der Waals surface area contributed by atoms with Crippen molar-refractivity contribution in [1.82, 2.24) is 4.90 Å². The molecule has 0 spiro atoms. The highest BCUT2D eigenvalue weighted by Gasteiger charge is 2.61. The average molecular weight is 339 g/mol. The highest BCUT2D eigenvalue weighted by molar-refractivity contribution is 6.12. The third-order valence-electron chi connectivity index (χ3n) is 4.10. The van der Waals surface area contributed by atoms with Gasteiger partial charge in [0.15, 0.2) is 24.0 Å². The van der Waals surface area contributed by atoms with Crippen molar-refractivity contribution < 1.29 is 19.1 Å². The fourth-order valence-corrected chi connectivity index (χ4v) is 2.94. The number of hydrogen-bond donors (Lipinski definition) is 3. The number of fused-ring (bicyclic) bond motifs is 1. The van der Waals surface area contributed by atoms with Crippen molar-refractivity contribution in [1.29, 1.82) is 0 Å². The summed E-state index contributed by atoms with van der Waals surface area (Å²) in [4.78, 5) is 42.3. The Balaban J connectivity index is 2.10. The first-order valence-electron chi connectivity index (χ1n) is 8.11. The van der Waals surface area contributed by atoms with Crippen molar-refractivity contribution in [3.63, 3.8) is 0 Å². The van der Waals surface area contributed by atoms with E-state index in [4.69, 9.17) is 21.9 Å². The standard InChI is InChI=1S/C15H25N5O4/c1-7(2)6-8(16)13(22)20-9(4-3-5-19-15(17)18)10(21)11-12(24-11)14(20)23/h7-9,11-12H,3-6,16H2,1-2H3,(H4,17,18,19)/t8-,9?,11+,12-/m0/s1. The molecule has 0 aliphatic carbocycles. The van der Waals surface area contributed by atoms with E-state index in [0.29, 0.717) is 19.4 Å². The molecular weight excluding hydrogens is 314 g/mol. The Kier molecular flexibility index (Phi) is 5.55. The van der Waals surface area contributed by atoms with Gasteiger partial charge in [0.25, 0.3) is 5.91 Å². The van der Waals surface area contributed by atoms with Gasteiger partial charge in [0, 0.05) is 6.54 Å². The van der Waals surface area contributed by atoms with Crippen LogP contribution in [0, 0.1) is 5.92 Å². The first kappa shape index (κ1) is 18.3. The minimum Gasteiger partial charge on any atom is -0.370 e. The number of ketones is 1. The van der Waals surface area contributed by atoms with Crippen molar-refractivity contribution in [2.45, 2.75) is 57.4 Å². The van der Waals surface area contributed by atoms with Gasteiger partial charge in [-0.2, -0.15) is 0 Å².